The summed E-state index contributed by atoms with van der Waals surface area (Å²) >= 11 is 0. The Balaban J connectivity index is 0.00000400. The van der Waals surface area contributed by atoms with E-state index in [4.69, 9.17) is 14.7 Å². The molecule has 0 spiro atoms. The van der Waals surface area contributed by atoms with Crippen LogP contribution in [0, 0.1) is 0 Å². The van der Waals surface area contributed by atoms with E-state index in [2.05, 4.69) is 13.8 Å². The minimum atomic E-state index is -5.11. The number of aliphatic hydroxyl groups is 3. The summed E-state index contributed by atoms with van der Waals surface area (Å²) < 4.78 is 33.4. The maximum atomic E-state index is 10.5. The Labute approximate surface area is 160 Å². The molecule has 0 bridgehead atoms. The molecule has 1 unspecified atom stereocenters. The van der Waals surface area contributed by atoms with Crippen LogP contribution in [0.15, 0.2) is 0 Å². The van der Waals surface area contributed by atoms with Gasteiger partial charge in [-0.3, -0.25) is 9.09 Å². The fourth-order valence-corrected chi connectivity index (χ4v) is 2.16. The summed E-state index contributed by atoms with van der Waals surface area (Å²) in [6, 6.07) is 0. The number of phosphoric acid groups is 2. The molecule has 0 aromatic carbocycles. The SMILES string of the molecule is O=P([O-])(O)OC[C@H]1O[C@](O)(COP(=O)(O)O)[C@@H](O)[C@H]1O.[K+]. The third-order valence-electron chi connectivity index (χ3n) is 2.36. The first-order valence-electron chi connectivity index (χ1n) is 4.99. The van der Waals surface area contributed by atoms with Crippen LogP contribution in [0.1, 0.15) is 0 Å². The number of rotatable bonds is 6. The average Bonchev–Trinajstić information content (AvgIpc) is 2.48. The normalized spacial score (nSPS) is 36.0. The summed E-state index contributed by atoms with van der Waals surface area (Å²) in [6.45, 7) is -2.13. The molecule has 0 aliphatic carbocycles. The molecule has 0 amide bonds. The number of ether oxygens (including phenoxy) is 1. The van der Waals surface area contributed by atoms with Gasteiger partial charge in [-0.15, -0.1) is 0 Å². The molecule has 0 aromatic heterocycles. The first-order valence-corrected chi connectivity index (χ1v) is 8.01. The van der Waals surface area contributed by atoms with E-state index in [0.717, 1.165) is 0 Å². The molecule has 1 saturated heterocycles. The third-order valence-corrected chi connectivity index (χ3v) is 3.30. The molecule has 21 heavy (non-hydrogen) atoms. The van der Waals surface area contributed by atoms with Gasteiger partial charge in [0.25, 0.3) is 7.82 Å². The maximum Gasteiger partial charge on any atom is 1.00 e. The van der Waals surface area contributed by atoms with E-state index < -0.39 is 53.0 Å². The molecular weight excluding hydrogens is 365 g/mol. The molecule has 120 valence electrons. The zero-order valence-electron chi connectivity index (χ0n) is 10.7. The molecular formula is C6H13KO12P2. The zero-order chi connectivity index (χ0) is 15.8. The average molecular weight is 378 g/mol. The van der Waals surface area contributed by atoms with Crippen LogP contribution >= 0.6 is 15.6 Å². The Morgan fingerprint density at radius 3 is 2.14 bits per heavy atom. The monoisotopic (exact) mass is 378 g/mol. The van der Waals surface area contributed by atoms with Crippen molar-refractivity contribution in [3.63, 3.8) is 0 Å². The second-order valence-electron chi connectivity index (χ2n) is 3.96. The van der Waals surface area contributed by atoms with E-state index in [1.807, 2.05) is 0 Å². The van der Waals surface area contributed by atoms with Crippen molar-refractivity contribution in [3.05, 3.63) is 0 Å². The van der Waals surface area contributed by atoms with Crippen LogP contribution in [-0.2, 0) is 22.9 Å². The van der Waals surface area contributed by atoms with Gasteiger partial charge in [-0.25, -0.2) is 4.57 Å². The van der Waals surface area contributed by atoms with Crippen molar-refractivity contribution in [1.82, 2.24) is 0 Å². The fraction of sp³-hybridized carbons (Fsp3) is 1.00. The molecule has 12 nitrogen and oxygen atoms in total. The summed E-state index contributed by atoms with van der Waals surface area (Å²) in [5, 5.41) is 28.7. The molecule has 0 radical (unpaired) electrons. The minimum absolute atomic E-state index is 0. The third kappa shape index (κ3) is 7.41. The number of hydrogen-bond donors (Lipinski definition) is 6. The van der Waals surface area contributed by atoms with Crippen LogP contribution < -0.4 is 56.3 Å². The Kier molecular flexibility index (Phi) is 8.85. The first-order chi connectivity index (χ1) is 8.84. The largest absolute Gasteiger partial charge is 1.00 e. The predicted molar refractivity (Wildman–Crippen MR) is 55.6 cm³/mol. The topological polar surface area (TPSA) is 206 Å². The van der Waals surface area contributed by atoms with Crippen molar-refractivity contribution in [2.75, 3.05) is 13.2 Å². The van der Waals surface area contributed by atoms with Crippen LogP contribution in [-0.4, -0.2) is 67.3 Å². The van der Waals surface area contributed by atoms with Crippen LogP contribution in [0.3, 0.4) is 0 Å². The van der Waals surface area contributed by atoms with Crippen LogP contribution in [0.25, 0.3) is 0 Å². The second kappa shape index (κ2) is 8.18. The Hall–Kier alpha value is 1.70. The summed E-state index contributed by atoms with van der Waals surface area (Å²) in [5.41, 5.74) is 0. The second-order valence-corrected chi connectivity index (χ2v) is 6.40. The number of aliphatic hydroxyl groups excluding tert-OH is 2. The Bertz CT molecular complexity index is 433. The fourth-order valence-electron chi connectivity index (χ4n) is 1.47. The van der Waals surface area contributed by atoms with Gasteiger partial charge in [0.15, 0.2) is 0 Å². The summed E-state index contributed by atoms with van der Waals surface area (Å²) in [4.78, 5) is 35.6. The van der Waals surface area contributed by atoms with E-state index in [1.165, 1.54) is 0 Å². The molecule has 1 aliphatic heterocycles. The molecule has 6 N–H and O–H groups in total. The van der Waals surface area contributed by atoms with E-state index in [9.17, 15) is 29.3 Å². The maximum absolute atomic E-state index is 10.5. The molecule has 15 heteroatoms. The van der Waals surface area contributed by atoms with E-state index in [0.29, 0.717) is 0 Å². The van der Waals surface area contributed by atoms with Gasteiger partial charge in [0.1, 0.15) is 24.9 Å². The molecule has 0 saturated carbocycles. The molecule has 1 rings (SSSR count). The van der Waals surface area contributed by atoms with E-state index in [1.54, 1.807) is 0 Å². The predicted octanol–water partition coefficient (Wildman–Crippen LogP) is -6.61. The van der Waals surface area contributed by atoms with Crippen LogP contribution in [0.4, 0.5) is 0 Å². The van der Waals surface area contributed by atoms with Crippen molar-refractivity contribution >= 4 is 15.6 Å². The van der Waals surface area contributed by atoms with Gasteiger partial charge < -0.3 is 44.2 Å². The number of hydrogen-bond acceptors (Lipinski definition) is 9. The van der Waals surface area contributed by atoms with Crippen LogP contribution in [0.2, 0.25) is 0 Å². The molecule has 1 fully saturated rings. The minimum Gasteiger partial charge on any atom is -0.756 e. The summed E-state index contributed by atoms with van der Waals surface area (Å²) in [6.07, 6.45) is -5.47. The molecule has 0 aromatic rings. The van der Waals surface area contributed by atoms with Gasteiger partial charge in [-0.1, -0.05) is 0 Å². The molecule has 1 heterocycles. The van der Waals surface area contributed by atoms with Crippen molar-refractivity contribution in [3.8, 4) is 0 Å². The van der Waals surface area contributed by atoms with E-state index >= 15 is 0 Å². The quantitative estimate of drug-likeness (QED) is 0.188. The van der Waals surface area contributed by atoms with Gasteiger partial charge in [-0.05, 0) is 0 Å². The van der Waals surface area contributed by atoms with Gasteiger partial charge in [-0.2, -0.15) is 0 Å². The van der Waals surface area contributed by atoms with Gasteiger partial charge in [0, 0.05) is 0 Å². The van der Waals surface area contributed by atoms with Gasteiger partial charge in [0.05, 0.1) is 6.61 Å². The Morgan fingerprint density at radius 2 is 1.71 bits per heavy atom. The summed E-state index contributed by atoms with van der Waals surface area (Å²) in [7, 11) is -10.1. The summed E-state index contributed by atoms with van der Waals surface area (Å²) in [5.74, 6) is -2.68. The first kappa shape index (κ1) is 22.7. The van der Waals surface area contributed by atoms with E-state index in [-0.39, 0.29) is 51.4 Å². The van der Waals surface area contributed by atoms with Gasteiger partial charge in [0.2, 0.25) is 5.79 Å². The smallest absolute Gasteiger partial charge is 0.756 e. The van der Waals surface area contributed by atoms with Crippen molar-refractivity contribution < 1.29 is 109 Å². The standard InChI is InChI=1S/C6H14O12P2.K/c7-4-3(1-16-19(10,11)12)18-6(9,5(4)8)2-17-20(13,14)15;/h3-5,7-9H,1-2H2,(H2,10,11,12)(H2,13,14,15);/q;+1/p-1/t3-,4+,5+,6-;/m1./s1. The van der Waals surface area contributed by atoms with Crippen molar-refractivity contribution in [1.29, 1.82) is 0 Å². The number of phosphoric ester groups is 2. The molecule has 5 atom stereocenters. The van der Waals surface area contributed by atoms with Gasteiger partial charge >= 0.3 is 59.2 Å². The van der Waals surface area contributed by atoms with Crippen molar-refractivity contribution in [2.45, 2.75) is 24.1 Å². The Morgan fingerprint density at radius 1 is 1.19 bits per heavy atom. The molecule has 1 aliphatic rings. The van der Waals surface area contributed by atoms with Crippen molar-refractivity contribution in [2.24, 2.45) is 0 Å². The zero-order valence-corrected chi connectivity index (χ0v) is 15.6. The van der Waals surface area contributed by atoms with Crippen LogP contribution in [0.5, 0.6) is 0 Å².